The van der Waals surface area contributed by atoms with Crippen LogP contribution in [0.5, 0.6) is 0 Å². The summed E-state index contributed by atoms with van der Waals surface area (Å²) in [5.41, 5.74) is 5.58. The molecule has 1 nitrogen and oxygen atoms in total. The van der Waals surface area contributed by atoms with Crippen LogP contribution in [0.4, 0.5) is 0 Å². The Labute approximate surface area is 254 Å². The summed E-state index contributed by atoms with van der Waals surface area (Å²) in [4.78, 5) is 0. The van der Waals surface area contributed by atoms with Gasteiger partial charge >= 0.3 is 0 Å². The van der Waals surface area contributed by atoms with E-state index in [1.807, 2.05) is 84.9 Å². The number of hydrogen-bond acceptors (Lipinski definition) is 1. The maximum absolute atomic E-state index is 9.39. The van der Waals surface area contributed by atoms with Crippen molar-refractivity contribution in [3.8, 4) is 33.4 Å². The summed E-state index contributed by atoms with van der Waals surface area (Å²) in [6.07, 6.45) is 0. The van der Waals surface area contributed by atoms with E-state index in [4.69, 9.17) is 4.42 Å². The molecule has 8 aromatic carbocycles. The second-order valence-corrected chi connectivity index (χ2v) is 10.9. The smallest absolute Gasteiger partial charge is 0.135 e. The summed E-state index contributed by atoms with van der Waals surface area (Å²) >= 11 is 0. The topological polar surface area (TPSA) is 13.1 Å². The van der Waals surface area contributed by atoms with Crippen molar-refractivity contribution < 1.29 is 9.90 Å². The molecule has 0 saturated carbocycles. The van der Waals surface area contributed by atoms with Gasteiger partial charge in [0.15, 0.2) is 0 Å². The first-order valence-electron chi connectivity index (χ1n) is 16.4. The van der Waals surface area contributed by atoms with Crippen molar-refractivity contribution in [2.45, 2.75) is 0 Å². The van der Waals surface area contributed by atoms with E-state index < -0.39 is 0 Å². The van der Waals surface area contributed by atoms with E-state index >= 15 is 0 Å². The monoisotopic (exact) mass is 550 g/mol. The molecule has 0 amide bonds. The van der Waals surface area contributed by atoms with Gasteiger partial charge in [0.1, 0.15) is 11.2 Å². The first-order valence-corrected chi connectivity index (χ1v) is 14.4. The molecule has 0 saturated heterocycles. The standard InChI is InChI=1S/C42H26O/c1-2-12-31-28(10-1)11-9-18-33(31)42-36-16-5-3-14-34(36)41(35-15-4-6-17-37(35)42)29-22-20-27(21-23-29)30-24-25-40-38(26-30)32-13-7-8-19-39(32)43-40/h1-26H/i20D,21D,22D,23D. The second-order valence-electron chi connectivity index (χ2n) is 10.9. The molecule has 0 spiro atoms. The van der Waals surface area contributed by atoms with Crippen LogP contribution in [-0.4, -0.2) is 0 Å². The van der Waals surface area contributed by atoms with Gasteiger partial charge in [0.2, 0.25) is 0 Å². The first kappa shape index (κ1) is 20.3. The molecule has 0 N–H and O–H groups in total. The molecule has 200 valence electrons. The van der Waals surface area contributed by atoms with Gasteiger partial charge in [0.05, 0.1) is 5.48 Å². The lowest BCUT2D eigenvalue weighted by molar-refractivity contribution is 0.669. The molecular formula is C42H26O. The SMILES string of the molecule is [2H]c1c([2H])c(-c2c3ccccc3c(-c3cccc4ccccc34)c3ccccc23)c([2H])c([2H])c1-c1ccc2oc3ccccc3c2c1. The van der Waals surface area contributed by atoms with Crippen molar-refractivity contribution in [1.29, 1.82) is 0 Å². The van der Waals surface area contributed by atoms with Gasteiger partial charge in [-0.15, -0.1) is 0 Å². The molecule has 0 unspecified atom stereocenters. The highest BCUT2D eigenvalue weighted by Crippen LogP contribution is 2.45. The van der Waals surface area contributed by atoms with E-state index in [2.05, 4.69) is 48.5 Å². The minimum absolute atomic E-state index is 0.0636. The lowest BCUT2D eigenvalue weighted by atomic mass is 9.84. The average molecular weight is 551 g/mol. The molecular weight excluding hydrogens is 520 g/mol. The molecule has 0 bridgehead atoms. The summed E-state index contributed by atoms with van der Waals surface area (Å²) in [6.45, 7) is 0. The Morgan fingerprint density at radius 2 is 0.907 bits per heavy atom. The molecule has 0 fully saturated rings. The van der Waals surface area contributed by atoms with Gasteiger partial charge in [-0.2, -0.15) is 0 Å². The third-order valence-corrected chi connectivity index (χ3v) is 8.53. The minimum atomic E-state index is -0.0700. The van der Waals surface area contributed by atoms with Gasteiger partial charge in [0, 0.05) is 10.8 Å². The van der Waals surface area contributed by atoms with Gasteiger partial charge in [-0.25, -0.2) is 0 Å². The van der Waals surface area contributed by atoms with Gasteiger partial charge in [0.25, 0.3) is 0 Å². The highest BCUT2D eigenvalue weighted by molar-refractivity contribution is 6.23. The summed E-state index contributed by atoms with van der Waals surface area (Å²) in [5.74, 6) is 0. The largest absolute Gasteiger partial charge is 0.456 e. The highest BCUT2D eigenvalue weighted by Gasteiger charge is 2.18. The normalized spacial score (nSPS) is 13.0. The second kappa shape index (κ2) is 9.44. The van der Waals surface area contributed by atoms with Gasteiger partial charge in [-0.3, -0.25) is 0 Å². The predicted octanol–water partition coefficient (Wildman–Crippen LogP) is 12.0. The lowest BCUT2D eigenvalue weighted by Gasteiger charge is -2.19. The van der Waals surface area contributed by atoms with Crippen molar-refractivity contribution in [2.24, 2.45) is 0 Å². The van der Waals surface area contributed by atoms with E-state index in [1.54, 1.807) is 0 Å². The number of hydrogen-bond donors (Lipinski definition) is 0. The number of para-hydroxylation sites is 1. The Hall–Kier alpha value is -5.66. The van der Waals surface area contributed by atoms with Crippen LogP contribution in [0.3, 0.4) is 0 Å². The third kappa shape index (κ3) is 3.72. The molecule has 1 heterocycles. The maximum Gasteiger partial charge on any atom is 0.135 e. The van der Waals surface area contributed by atoms with E-state index in [9.17, 15) is 5.48 Å². The van der Waals surface area contributed by atoms with Gasteiger partial charge in [-0.05, 0) is 83.9 Å². The number of benzene rings is 8. The number of rotatable bonds is 3. The third-order valence-electron chi connectivity index (χ3n) is 8.53. The van der Waals surface area contributed by atoms with Crippen LogP contribution in [-0.2, 0) is 0 Å². The van der Waals surface area contributed by atoms with E-state index in [0.29, 0.717) is 22.3 Å². The van der Waals surface area contributed by atoms with E-state index in [-0.39, 0.29) is 29.7 Å². The molecule has 1 aromatic heterocycles. The maximum atomic E-state index is 9.39. The fraction of sp³-hybridized carbons (Fsp3) is 0. The van der Waals surface area contributed by atoms with Crippen LogP contribution < -0.4 is 0 Å². The first-order chi connectivity index (χ1) is 23.0. The van der Waals surface area contributed by atoms with Crippen molar-refractivity contribution in [1.82, 2.24) is 0 Å². The summed E-state index contributed by atoms with van der Waals surface area (Å²) in [5, 5.41) is 7.88. The summed E-state index contributed by atoms with van der Waals surface area (Å²) < 4.78 is 43.3. The molecule has 0 aliphatic heterocycles. The molecule has 9 rings (SSSR count). The Bertz CT molecular complexity index is 2650. The molecule has 0 radical (unpaired) electrons. The van der Waals surface area contributed by atoms with Crippen LogP contribution in [0.25, 0.3) is 87.6 Å². The summed E-state index contributed by atoms with van der Waals surface area (Å²) in [7, 11) is 0. The van der Waals surface area contributed by atoms with Crippen molar-refractivity contribution >= 4 is 54.3 Å². The molecule has 1 heteroatoms. The van der Waals surface area contributed by atoms with Gasteiger partial charge in [-0.1, -0.05) is 139 Å². The number of furan rings is 1. The molecule has 0 aliphatic carbocycles. The van der Waals surface area contributed by atoms with Gasteiger partial charge < -0.3 is 4.42 Å². The fourth-order valence-electron chi connectivity index (χ4n) is 6.59. The Kier molecular flexibility index (Phi) is 4.45. The number of fused-ring (bicyclic) bond motifs is 6. The van der Waals surface area contributed by atoms with Crippen LogP contribution in [0.1, 0.15) is 5.48 Å². The predicted molar refractivity (Wildman–Crippen MR) is 183 cm³/mol. The van der Waals surface area contributed by atoms with Crippen molar-refractivity contribution in [3.63, 3.8) is 0 Å². The van der Waals surface area contributed by atoms with Crippen LogP contribution >= 0.6 is 0 Å². The average Bonchev–Trinajstić information content (AvgIpc) is 3.49. The molecule has 0 aliphatic rings. The lowest BCUT2D eigenvalue weighted by Crippen LogP contribution is -1.91. The Morgan fingerprint density at radius 1 is 0.372 bits per heavy atom. The zero-order valence-electron chi connectivity index (χ0n) is 27.1. The summed E-state index contributed by atoms with van der Waals surface area (Å²) in [6, 6.07) is 44.1. The molecule has 0 atom stereocenters. The van der Waals surface area contributed by atoms with Crippen molar-refractivity contribution in [2.75, 3.05) is 0 Å². The zero-order chi connectivity index (χ0) is 31.8. The quantitative estimate of drug-likeness (QED) is 0.199. The van der Waals surface area contributed by atoms with E-state index in [1.165, 1.54) is 0 Å². The molecule has 43 heavy (non-hydrogen) atoms. The van der Waals surface area contributed by atoms with E-state index in [0.717, 1.165) is 59.8 Å². The molecule has 9 aromatic rings. The fourth-order valence-corrected chi connectivity index (χ4v) is 6.59. The van der Waals surface area contributed by atoms with Crippen molar-refractivity contribution in [3.05, 3.63) is 158 Å². The minimum Gasteiger partial charge on any atom is -0.456 e. The Balaban J connectivity index is 1.35. The van der Waals surface area contributed by atoms with Crippen LogP contribution in [0.2, 0.25) is 0 Å². The Morgan fingerprint density at radius 3 is 1.63 bits per heavy atom. The van der Waals surface area contributed by atoms with Crippen LogP contribution in [0, 0.1) is 0 Å². The highest BCUT2D eigenvalue weighted by atomic mass is 16.3. The van der Waals surface area contributed by atoms with Crippen LogP contribution in [0.15, 0.2) is 162 Å². The zero-order valence-corrected chi connectivity index (χ0v) is 23.1.